The number of nitrogens with zero attached hydrogens (tertiary/aromatic N) is 4. The molecule has 1 aliphatic rings. The largest absolute Gasteiger partial charge is 0.478 e. The van der Waals surface area contributed by atoms with Gasteiger partial charge in [0.2, 0.25) is 5.95 Å². The van der Waals surface area contributed by atoms with E-state index in [1.54, 1.807) is 6.92 Å². The minimum atomic E-state index is -1.02. The zero-order chi connectivity index (χ0) is 23.2. The molecule has 9 heteroatoms. The van der Waals surface area contributed by atoms with E-state index < -0.39 is 5.97 Å². The summed E-state index contributed by atoms with van der Waals surface area (Å²) >= 11 is 1.99. The number of para-hydroxylation sites is 1. The Morgan fingerprint density at radius 1 is 1.24 bits per heavy atom. The first-order chi connectivity index (χ1) is 16.0. The van der Waals surface area contributed by atoms with E-state index in [1.807, 2.05) is 23.9 Å². The number of rotatable bonds is 8. The zero-order valence-corrected chi connectivity index (χ0v) is 19.4. The molecule has 3 heterocycles. The van der Waals surface area contributed by atoms with E-state index >= 15 is 0 Å². The molecule has 4 N–H and O–H groups in total. The second-order valence-electron chi connectivity index (χ2n) is 7.89. The fourth-order valence-electron chi connectivity index (χ4n) is 3.96. The Morgan fingerprint density at radius 3 is 2.82 bits per heavy atom. The average molecular weight is 465 g/mol. The van der Waals surface area contributed by atoms with Gasteiger partial charge in [0.15, 0.2) is 0 Å². The molecule has 2 aromatic heterocycles. The zero-order valence-electron chi connectivity index (χ0n) is 18.6. The number of aromatic nitrogens is 3. The van der Waals surface area contributed by atoms with Crippen molar-refractivity contribution in [3.63, 3.8) is 0 Å². The van der Waals surface area contributed by atoms with Crippen molar-refractivity contribution >= 4 is 52.3 Å². The van der Waals surface area contributed by atoms with Crippen molar-refractivity contribution in [2.45, 2.75) is 19.8 Å². The summed E-state index contributed by atoms with van der Waals surface area (Å²) in [6.07, 6.45) is 4.31. The third kappa shape index (κ3) is 5.73. The molecule has 1 fully saturated rings. The molecule has 172 valence electrons. The minimum Gasteiger partial charge on any atom is -0.478 e. The minimum absolute atomic E-state index is 0.159. The summed E-state index contributed by atoms with van der Waals surface area (Å²) in [4.78, 5) is 26.8. The molecule has 8 nitrogen and oxygen atoms in total. The predicted octanol–water partition coefficient (Wildman–Crippen LogP) is 3.61. The number of nitrogens with one attached hydrogen (secondary N) is 1. The SMILES string of the molecule is Cc1nc(N)nc(NCCCc2cc3ccccc3nc2N2CCSCC2)c1/C=C/C(=O)O. The lowest BCUT2D eigenvalue weighted by molar-refractivity contribution is -0.131. The van der Waals surface area contributed by atoms with Gasteiger partial charge in [-0.15, -0.1) is 0 Å². The predicted molar refractivity (Wildman–Crippen MR) is 136 cm³/mol. The number of thioether (sulfide) groups is 1. The summed E-state index contributed by atoms with van der Waals surface area (Å²) in [5.74, 6) is 3.01. The van der Waals surface area contributed by atoms with Crippen LogP contribution in [0.1, 0.15) is 23.2 Å². The van der Waals surface area contributed by atoms with Gasteiger partial charge in [-0.1, -0.05) is 18.2 Å². The topological polar surface area (TPSA) is 117 Å². The quantitative estimate of drug-likeness (QED) is 0.339. The van der Waals surface area contributed by atoms with Crippen molar-refractivity contribution in [2.24, 2.45) is 0 Å². The maximum absolute atomic E-state index is 11.0. The Labute approximate surface area is 197 Å². The highest BCUT2D eigenvalue weighted by atomic mass is 32.2. The molecule has 0 amide bonds. The Hall–Kier alpha value is -3.33. The van der Waals surface area contributed by atoms with Crippen molar-refractivity contribution < 1.29 is 9.90 Å². The maximum Gasteiger partial charge on any atom is 0.328 e. The molecule has 0 atom stereocenters. The number of carboxylic acids is 1. The number of nitrogens with two attached hydrogens (primary N) is 1. The van der Waals surface area contributed by atoms with Gasteiger partial charge in [0.1, 0.15) is 11.6 Å². The first-order valence-electron chi connectivity index (χ1n) is 11.0. The summed E-state index contributed by atoms with van der Waals surface area (Å²) in [5, 5.41) is 13.4. The van der Waals surface area contributed by atoms with E-state index in [0.717, 1.165) is 60.2 Å². The number of carbonyl (C=O) groups is 1. The van der Waals surface area contributed by atoms with Crippen LogP contribution in [0.4, 0.5) is 17.6 Å². The Morgan fingerprint density at radius 2 is 2.03 bits per heavy atom. The number of benzene rings is 1. The van der Waals surface area contributed by atoms with Gasteiger partial charge >= 0.3 is 5.97 Å². The first kappa shape index (κ1) is 22.8. The fourth-order valence-corrected chi connectivity index (χ4v) is 4.86. The molecule has 33 heavy (non-hydrogen) atoms. The van der Waals surface area contributed by atoms with Crippen LogP contribution in [0, 0.1) is 6.92 Å². The molecular formula is C24H28N6O2S. The number of carboxylic acid groups (broad SMARTS) is 1. The van der Waals surface area contributed by atoms with Crippen molar-refractivity contribution in [2.75, 3.05) is 47.1 Å². The van der Waals surface area contributed by atoms with Crippen LogP contribution in [-0.2, 0) is 11.2 Å². The molecule has 1 aromatic carbocycles. The number of hydrogen-bond donors (Lipinski definition) is 3. The van der Waals surface area contributed by atoms with Gasteiger partial charge in [-0.3, -0.25) is 0 Å². The van der Waals surface area contributed by atoms with Crippen LogP contribution in [-0.4, -0.2) is 57.2 Å². The lowest BCUT2D eigenvalue weighted by Gasteiger charge is -2.29. The number of anilines is 3. The summed E-state index contributed by atoms with van der Waals surface area (Å²) in [5.41, 5.74) is 9.34. The van der Waals surface area contributed by atoms with Gasteiger partial charge in [0.25, 0.3) is 0 Å². The summed E-state index contributed by atoms with van der Waals surface area (Å²) in [6.45, 7) is 4.47. The number of pyridine rings is 1. The lowest BCUT2D eigenvalue weighted by Crippen LogP contribution is -2.34. The molecule has 4 rings (SSSR count). The highest BCUT2D eigenvalue weighted by Gasteiger charge is 2.17. The standard InChI is InChI=1S/C24H28N6O2S/c1-16-19(8-9-21(31)32)22(29-24(25)27-16)26-10-4-6-18-15-17-5-2-3-7-20(17)28-23(18)30-11-13-33-14-12-30/h2-3,5,7-9,15H,4,6,10-14H2,1H3,(H,31,32)(H3,25,26,27,29)/b9-8+. The third-order valence-corrected chi connectivity index (χ3v) is 6.49. The van der Waals surface area contributed by atoms with Crippen LogP contribution in [0.5, 0.6) is 0 Å². The maximum atomic E-state index is 11.0. The third-order valence-electron chi connectivity index (χ3n) is 5.55. The molecule has 0 aliphatic carbocycles. The lowest BCUT2D eigenvalue weighted by atomic mass is 10.1. The number of fused-ring (bicyclic) bond motifs is 1. The molecule has 0 spiro atoms. The van der Waals surface area contributed by atoms with E-state index in [2.05, 4.69) is 38.4 Å². The second kappa shape index (κ2) is 10.5. The molecule has 1 aliphatic heterocycles. The highest BCUT2D eigenvalue weighted by Crippen LogP contribution is 2.27. The Kier molecular flexibility index (Phi) is 7.29. The van der Waals surface area contributed by atoms with Gasteiger partial charge in [0.05, 0.1) is 11.2 Å². The fraction of sp³-hybridized carbons (Fsp3) is 0.333. The van der Waals surface area contributed by atoms with Crippen LogP contribution in [0.15, 0.2) is 36.4 Å². The second-order valence-corrected chi connectivity index (χ2v) is 9.12. The first-order valence-corrected chi connectivity index (χ1v) is 12.2. The van der Waals surface area contributed by atoms with Gasteiger partial charge < -0.3 is 21.1 Å². The van der Waals surface area contributed by atoms with Gasteiger partial charge in [-0.25, -0.2) is 14.8 Å². The monoisotopic (exact) mass is 464 g/mol. The Balaban J connectivity index is 1.50. The van der Waals surface area contributed by atoms with Crippen molar-refractivity contribution in [3.05, 3.63) is 53.2 Å². The van der Waals surface area contributed by atoms with Crippen LogP contribution in [0.2, 0.25) is 0 Å². The normalized spacial score (nSPS) is 14.2. The summed E-state index contributed by atoms with van der Waals surface area (Å²) in [7, 11) is 0. The van der Waals surface area contributed by atoms with Gasteiger partial charge in [0, 0.05) is 48.2 Å². The Bertz CT molecular complexity index is 1180. The van der Waals surface area contributed by atoms with Gasteiger partial charge in [-0.05, 0) is 43.5 Å². The number of aryl methyl sites for hydroxylation is 2. The van der Waals surface area contributed by atoms with Crippen LogP contribution in [0.25, 0.3) is 17.0 Å². The van der Waals surface area contributed by atoms with E-state index in [9.17, 15) is 4.79 Å². The summed E-state index contributed by atoms with van der Waals surface area (Å²) < 4.78 is 0. The molecule has 0 bridgehead atoms. The number of nitrogen functional groups attached to an aromatic ring is 1. The number of aliphatic carboxylic acids is 1. The molecule has 1 saturated heterocycles. The van der Waals surface area contributed by atoms with E-state index in [4.69, 9.17) is 15.8 Å². The van der Waals surface area contributed by atoms with Crippen molar-refractivity contribution in [1.82, 2.24) is 15.0 Å². The average Bonchev–Trinajstić information content (AvgIpc) is 2.81. The van der Waals surface area contributed by atoms with Crippen molar-refractivity contribution in [1.29, 1.82) is 0 Å². The van der Waals surface area contributed by atoms with E-state index in [1.165, 1.54) is 11.6 Å². The van der Waals surface area contributed by atoms with E-state index in [-0.39, 0.29) is 5.95 Å². The van der Waals surface area contributed by atoms with Crippen LogP contribution in [0.3, 0.4) is 0 Å². The molecular weight excluding hydrogens is 436 g/mol. The van der Waals surface area contributed by atoms with Crippen LogP contribution < -0.4 is 16.0 Å². The highest BCUT2D eigenvalue weighted by molar-refractivity contribution is 7.99. The van der Waals surface area contributed by atoms with E-state index in [0.29, 0.717) is 23.6 Å². The molecule has 0 saturated carbocycles. The molecule has 0 radical (unpaired) electrons. The molecule has 0 unspecified atom stereocenters. The van der Waals surface area contributed by atoms with Crippen LogP contribution >= 0.6 is 11.8 Å². The van der Waals surface area contributed by atoms with Crippen molar-refractivity contribution in [3.8, 4) is 0 Å². The number of hydrogen-bond acceptors (Lipinski definition) is 8. The van der Waals surface area contributed by atoms with Gasteiger partial charge in [-0.2, -0.15) is 16.7 Å². The molecule has 3 aromatic rings. The summed E-state index contributed by atoms with van der Waals surface area (Å²) in [6, 6.07) is 10.5. The smallest absolute Gasteiger partial charge is 0.328 e.